The maximum absolute atomic E-state index is 12.5. The number of sulfonamides is 1. The highest BCUT2D eigenvalue weighted by molar-refractivity contribution is 7.89. The molecule has 3 aromatic rings. The summed E-state index contributed by atoms with van der Waals surface area (Å²) < 4.78 is 27.6. The number of aliphatic hydroxyl groups excluding tert-OH is 1. The smallest absolute Gasteiger partial charge is 0.240 e. The van der Waals surface area contributed by atoms with Crippen molar-refractivity contribution in [3.8, 4) is 11.1 Å². The van der Waals surface area contributed by atoms with Crippen LogP contribution in [0.2, 0.25) is 0 Å². The Morgan fingerprint density at radius 2 is 1.88 bits per heavy atom. The Labute approximate surface area is 153 Å². The number of benzene rings is 1. The number of pyridine rings is 1. The van der Waals surface area contributed by atoms with E-state index in [4.69, 9.17) is 0 Å². The standard InChI is InChI=1S/C19H23N3O3S/c1-12(2)18(11-23)22-26(24,25)15-6-4-14(5-7-15)16-8-9-20-19-17(16)10-13(3)21-19/h4-10,12,18,22-23H,11H2,1-3H3,(H,20,21)/t18-/m0/s1. The molecule has 0 fully saturated rings. The van der Waals surface area contributed by atoms with Crippen LogP contribution in [0, 0.1) is 12.8 Å². The van der Waals surface area contributed by atoms with Gasteiger partial charge >= 0.3 is 0 Å². The van der Waals surface area contributed by atoms with Gasteiger partial charge in [0.25, 0.3) is 0 Å². The summed E-state index contributed by atoms with van der Waals surface area (Å²) in [5.41, 5.74) is 3.73. The minimum absolute atomic E-state index is 0.00372. The maximum Gasteiger partial charge on any atom is 0.240 e. The summed E-state index contributed by atoms with van der Waals surface area (Å²) >= 11 is 0. The number of aromatic amines is 1. The number of nitrogens with one attached hydrogen (secondary N) is 2. The monoisotopic (exact) mass is 373 g/mol. The summed E-state index contributed by atoms with van der Waals surface area (Å²) in [6.45, 7) is 5.45. The zero-order valence-corrected chi connectivity index (χ0v) is 15.8. The van der Waals surface area contributed by atoms with E-state index in [0.717, 1.165) is 27.9 Å². The van der Waals surface area contributed by atoms with E-state index in [2.05, 4.69) is 14.7 Å². The van der Waals surface area contributed by atoms with E-state index in [0.29, 0.717) is 0 Å². The lowest BCUT2D eigenvalue weighted by molar-refractivity contribution is 0.227. The van der Waals surface area contributed by atoms with Gasteiger partial charge in [0.15, 0.2) is 0 Å². The maximum atomic E-state index is 12.5. The molecule has 2 aromatic heterocycles. The Balaban J connectivity index is 1.93. The van der Waals surface area contributed by atoms with E-state index in [1.165, 1.54) is 0 Å². The third-order valence-corrected chi connectivity index (χ3v) is 5.96. The molecular formula is C19H23N3O3S. The van der Waals surface area contributed by atoms with Crippen molar-refractivity contribution in [1.29, 1.82) is 0 Å². The Morgan fingerprint density at radius 3 is 2.50 bits per heavy atom. The molecule has 2 heterocycles. The predicted octanol–water partition coefficient (Wildman–Crippen LogP) is 2.83. The fourth-order valence-electron chi connectivity index (χ4n) is 2.88. The molecule has 0 saturated heterocycles. The summed E-state index contributed by atoms with van der Waals surface area (Å²) in [5, 5.41) is 10.4. The van der Waals surface area contributed by atoms with Gasteiger partial charge < -0.3 is 10.1 Å². The van der Waals surface area contributed by atoms with Crippen molar-refractivity contribution in [2.24, 2.45) is 5.92 Å². The van der Waals surface area contributed by atoms with Gasteiger partial charge in [-0.05, 0) is 48.2 Å². The lowest BCUT2D eigenvalue weighted by Crippen LogP contribution is -2.41. The van der Waals surface area contributed by atoms with Gasteiger partial charge in [-0.15, -0.1) is 0 Å². The van der Waals surface area contributed by atoms with Gasteiger partial charge in [-0.2, -0.15) is 0 Å². The number of nitrogens with zero attached hydrogens (tertiary/aromatic N) is 1. The molecule has 0 spiro atoms. The van der Waals surface area contributed by atoms with Gasteiger partial charge in [0.05, 0.1) is 11.5 Å². The minimum atomic E-state index is -3.68. The Bertz CT molecular complexity index is 1010. The molecule has 0 bridgehead atoms. The van der Waals surface area contributed by atoms with Gasteiger partial charge in [0.1, 0.15) is 5.65 Å². The normalized spacial score (nSPS) is 13.4. The molecule has 0 aliphatic heterocycles. The molecule has 1 aromatic carbocycles. The van der Waals surface area contributed by atoms with Gasteiger partial charge in [0, 0.05) is 23.3 Å². The molecule has 0 saturated carbocycles. The first-order valence-electron chi connectivity index (χ1n) is 8.50. The van der Waals surface area contributed by atoms with Crippen LogP contribution < -0.4 is 4.72 Å². The summed E-state index contributed by atoms with van der Waals surface area (Å²) in [6.07, 6.45) is 1.73. The molecule has 3 rings (SSSR count). The Morgan fingerprint density at radius 1 is 1.19 bits per heavy atom. The highest BCUT2D eigenvalue weighted by atomic mass is 32.2. The van der Waals surface area contributed by atoms with E-state index in [1.54, 1.807) is 30.5 Å². The molecule has 0 unspecified atom stereocenters. The van der Waals surface area contributed by atoms with Gasteiger partial charge in [0.2, 0.25) is 10.0 Å². The number of aryl methyl sites for hydroxylation is 1. The molecule has 3 N–H and O–H groups in total. The van der Waals surface area contributed by atoms with Crippen molar-refractivity contribution >= 4 is 21.1 Å². The Hall–Kier alpha value is -2.22. The second-order valence-electron chi connectivity index (χ2n) is 6.75. The van der Waals surface area contributed by atoms with Crippen molar-refractivity contribution in [3.63, 3.8) is 0 Å². The van der Waals surface area contributed by atoms with Crippen LogP contribution in [0.25, 0.3) is 22.2 Å². The lowest BCUT2D eigenvalue weighted by Gasteiger charge is -2.19. The molecule has 26 heavy (non-hydrogen) atoms. The zero-order valence-electron chi connectivity index (χ0n) is 15.0. The van der Waals surface area contributed by atoms with Crippen LogP contribution in [0.15, 0.2) is 47.5 Å². The average Bonchev–Trinajstić information content (AvgIpc) is 2.99. The van der Waals surface area contributed by atoms with Crippen molar-refractivity contribution < 1.29 is 13.5 Å². The molecule has 0 amide bonds. The molecule has 7 heteroatoms. The molecule has 138 valence electrons. The number of fused-ring (bicyclic) bond motifs is 1. The van der Waals surface area contributed by atoms with Crippen LogP contribution in [0.3, 0.4) is 0 Å². The van der Waals surface area contributed by atoms with Crippen LogP contribution in [0.5, 0.6) is 0 Å². The van der Waals surface area contributed by atoms with Crippen LogP contribution in [0.4, 0.5) is 0 Å². The van der Waals surface area contributed by atoms with E-state index in [1.807, 2.05) is 32.9 Å². The number of H-pyrrole nitrogens is 1. The third-order valence-electron chi connectivity index (χ3n) is 4.45. The molecule has 0 aliphatic carbocycles. The van der Waals surface area contributed by atoms with Crippen LogP contribution in [0.1, 0.15) is 19.5 Å². The SMILES string of the molecule is Cc1cc2c(-c3ccc(S(=O)(=O)N[C@@H](CO)C(C)C)cc3)ccnc2[nH]1. The van der Waals surface area contributed by atoms with Crippen LogP contribution in [-0.4, -0.2) is 36.1 Å². The molecule has 1 atom stereocenters. The summed E-state index contributed by atoms with van der Waals surface area (Å²) in [5.74, 6) is -0.00372. The fourth-order valence-corrected chi connectivity index (χ4v) is 4.25. The van der Waals surface area contributed by atoms with E-state index >= 15 is 0 Å². The summed E-state index contributed by atoms with van der Waals surface area (Å²) in [6, 6.07) is 10.2. The largest absolute Gasteiger partial charge is 0.395 e. The second kappa shape index (κ2) is 7.19. The quantitative estimate of drug-likeness (QED) is 0.619. The van der Waals surface area contributed by atoms with Crippen molar-refractivity contribution in [1.82, 2.24) is 14.7 Å². The highest BCUT2D eigenvalue weighted by Crippen LogP contribution is 2.28. The first-order chi connectivity index (χ1) is 12.3. The number of rotatable bonds is 6. The fraction of sp³-hybridized carbons (Fsp3) is 0.316. The van der Waals surface area contributed by atoms with Crippen molar-refractivity contribution in [2.75, 3.05) is 6.61 Å². The van der Waals surface area contributed by atoms with E-state index < -0.39 is 16.1 Å². The summed E-state index contributed by atoms with van der Waals surface area (Å²) in [7, 11) is -3.68. The molecule has 6 nitrogen and oxygen atoms in total. The average molecular weight is 373 g/mol. The Kier molecular flexibility index (Phi) is 5.13. The van der Waals surface area contributed by atoms with Crippen molar-refractivity contribution in [3.05, 3.63) is 48.3 Å². The zero-order chi connectivity index (χ0) is 18.9. The van der Waals surface area contributed by atoms with Gasteiger partial charge in [-0.3, -0.25) is 0 Å². The molecular weight excluding hydrogens is 350 g/mol. The van der Waals surface area contributed by atoms with Crippen LogP contribution >= 0.6 is 0 Å². The number of hydrogen-bond acceptors (Lipinski definition) is 4. The van der Waals surface area contributed by atoms with Crippen molar-refractivity contribution in [2.45, 2.75) is 31.7 Å². The topological polar surface area (TPSA) is 95.1 Å². The van der Waals surface area contributed by atoms with E-state index in [9.17, 15) is 13.5 Å². The lowest BCUT2D eigenvalue weighted by atomic mass is 10.0. The second-order valence-corrected chi connectivity index (χ2v) is 8.47. The van der Waals surface area contributed by atoms with Gasteiger partial charge in [-0.25, -0.2) is 18.1 Å². The number of aromatic nitrogens is 2. The molecule has 0 radical (unpaired) electrons. The number of hydrogen-bond donors (Lipinski definition) is 3. The van der Waals surface area contributed by atoms with Gasteiger partial charge in [-0.1, -0.05) is 26.0 Å². The molecule has 0 aliphatic rings. The number of aliphatic hydroxyl groups is 1. The highest BCUT2D eigenvalue weighted by Gasteiger charge is 2.22. The predicted molar refractivity (Wildman–Crippen MR) is 102 cm³/mol. The first kappa shape index (κ1) is 18.6. The van der Waals surface area contributed by atoms with E-state index in [-0.39, 0.29) is 17.4 Å². The van der Waals surface area contributed by atoms with Crippen LogP contribution in [-0.2, 0) is 10.0 Å². The summed E-state index contributed by atoms with van der Waals surface area (Å²) in [4.78, 5) is 7.70. The minimum Gasteiger partial charge on any atom is -0.395 e. The third kappa shape index (κ3) is 3.65. The first-order valence-corrected chi connectivity index (χ1v) is 9.98.